The molecule has 0 saturated heterocycles. The van der Waals surface area contributed by atoms with Gasteiger partial charge in [-0.25, -0.2) is 0 Å². The monoisotopic (exact) mass is 330 g/mol. The average Bonchev–Trinajstić information content (AvgIpc) is 2.31. The van der Waals surface area contributed by atoms with Crippen LogP contribution in [0.5, 0.6) is 0 Å². The quantitative estimate of drug-likeness (QED) is 0.489. The Morgan fingerprint density at radius 3 is 2.40 bits per heavy atom. The van der Waals surface area contributed by atoms with E-state index in [1.165, 1.54) is 0 Å². The standard InChI is InChI=1S/C16H24Cl2OSi/c1-16(2,20(3,4)19)11-7-5-6-8-13-9-10-14(17)15(18)12-13/h6,8-10,12,19H,5,7,11H2,1-4H3/b8-6+. The SMILES string of the molecule is CC(C)(CCC/C=C/c1ccc(Cl)c(Cl)c1)[Si](C)(C)O. The maximum atomic E-state index is 10.2. The molecule has 0 aromatic heterocycles. The fraction of sp³-hybridized carbons (Fsp3) is 0.500. The first-order valence-corrected chi connectivity index (χ1v) is 10.7. The highest BCUT2D eigenvalue weighted by Crippen LogP contribution is 2.40. The van der Waals surface area contributed by atoms with Gasteiger partial charge in [-0.2, -0.15) is 0 Å². The van der Waals surface area contributed by atoms with E-state index in [1.807, 2.05) is 31.3 Å². The van der Waals surface area contributed by atoms with Crippen LogP contribution < -0.4 is 0 Å². The van der Waals surface area contributed by atoms with Crippen molar-refractivity contribution < 1.29 is 4.80 Å². The molecule has 1 aromatic rings. The molecule has 0 aliphatic carbocycles. The summed E-state index contributed by atoms with van der Waals surface area (Å²) in [5.74, 6) is 0. The minimum atomic E-state index is -2.08. The van der Waals surface area contributed by atoms with E-state index in [-0.39, 0.29) is 5.04 Å². The Balaban J connectivity index is 2.45. The third kappa shape index (κ3) is 5.25. The highest BCUT2D eigenvalue weighted by molar-refractivity contribution is 6.72. The van der Waals surface area contributed by atoms with Gasteiger partial charge >= 0.3 is 0 Å². The molecule has 0 spiro atoms. The molecule has 0 radical (unpaired) electrons. The lowest BCUT2D eigenvalue weighted by Crippen LogP contribution is -2.38. The van der Waals surface area contributed by atoms with Crippen LogP contribution in [0.1, 0.15) is 38.7 Å². The molecule has 4 heteroatoms. The van der Waals surface area contributed by atoms with Crippen LogP contribution >= 0.6 is 23.2 Å². The lowest BCUT2D eigenvalue weighted by molar-refractivity contribution is 0.444. The molecule has 0 atom stereocenters. The van der Waals surface area contributed by atoms with Crippen molar-refractivity contribution >= 4 is 37.6 Å². The van der Waals surface area contributed by atoms with Gasteiger partial charge in [0.15, 0.2) is 8.32 Å². The molecule has 1 N–H and O–H groups in total. The normalized spacial score (nSPS) is 13.2. The summed E-state index contributed by atoms with van der Waals surface area (Å²) in [6.07, 6.45) is 7.36. The van der Waals surface area contributed by atoms with Gasteiger partial charge in [0.05, 0.1) is 10.0 Å². The van der Waals surface area contributed by atoms with Gasteiger partial charge in [-0.1, -0.05) is 55.3 Å². The maximum absolute atomic E-state index is 10.2. The summed E-state index contributed by atoms with van der Waals surface area (Å²) >= 11 is 11.9. The summed E-state index contributed by atoms with van der Waals surface area (Å²) in [6.45, 7) is 8.36. The van der Waals surface area contributed by atoms with Crippen LogP contribution in [0, 0.1) is 0 Å². The lowest BCUT2D eigenvalue weighted by atomic mass is 10.0. The lowest BCUT2D eigenvalue weighted by Gasteiger charge is -2.35. The Hall–Kier alpha value is -0.283. The third-order valence-electron chi connectivity index (χ3n) is 4.08. The van der Waals surface area contributed by atoms with E-state index >= 15 is 0 Å². The van der Waals surface area contributed by atoms with Crippen LogP contribution in [0.2, 0.25) is 28.2 Å². The molecule has 0 aliphatic rings. The van der Waals surface area contributed by atoms with Crippen LogP contribution in [0.15, 0.2) is 24.3 Å². The van der Waals surface area contributed by atoms with E-state index in [0.29, 0.717) is 10.0 Å². The van der Waals surface area contributed by atoms with Crippen molar-refractivity contribution in [3.8, 4) is 0 Å². The van der Waals surface area contributed by atoms with Crippen molar-refractivity contribution in [3.05, 3.63) is 39.9 Å². The molecule has 1 rings (SSSR count). The van der Waals surface area contributed by atoms with E-state index < -0.39 is 8.32 Å². The minimum Gasteiger partial charge on any atom is -0.432 e. The number of unbranched alkanes of at least 4 members (excludes halogenated alkanes) is 1. The number of rotatable bonds is 6. The number of allylic oxidation sites excluding steroid dienone is 1. The zero-order valence-electron chi connectivity index (χ0n) is 12.7. The zero-order chi connectivity index (χ0) is 15.4. The topological polar surface area (TPSA) is 20.2 Å². The maximum Gasteiger partial charge on any atom is 0.188 e. The summed E-state index contributed by atoms with van der Waals surface area (Å²) in [4.78, 5) is 10.2. The van der Waals surface area contributed by atoms with Crippen LogP contribution in [-0.4, -0.2) is 13.1 Å². The molecule has 0 heterocycles. The van der Waals surface area contributed by atoms with Crippen LogP contribution in [0.25, 0.3) is 6.08 Å². The highest BCUT2D eigenvalue weighted by Gasteiger charge is 2.36. The van der Waals surface area contributed by atoms with Crippen molar-refractivity contribution in [1.29, 1.82) is 0 Å². The Labute approximate surface area is 133 Å². The Morgan fingerprint density at radius 1 is 1.20 bits per heavy atom. The van der Waals surface area contributed by atoms with E-state index in [1.54, 1.807) is 0 Å². The molecule has 20 heavy (non-hydrogen) atoms. The second-order valence-electron chi connectivity index (χ2n) is 6.41. The van der Waals surface area contributed by atoms with E-state index in [9.17, 15) is 4.80 Å². The van der Waals surface area contributed by atoms with E-state index in [2.05, 4.69) is 26.0 Å². The Morgan fingerprint density at radius 2 is 1.85 bits per heavy atom. The molecular weight excluding hydrogens is 307 g/mol. The van der Waals surface area contributed by atoms with Gasteiger partial charge < -0.3 is 4.80 Å². The van der Waals surface area contributed by atoms with Gasteiger partial charge in [0.2, 0.25) is 0 Å². The number of hydrogen-bond acceptors (Lipinski definition) is 1. The van der Waals surface area contributed by atoms with Gasteiger partial charge in [0, 0.05) is 0 Å². The fourth-order valence-electron chi connectivity index (χ4n) is 1.80. The van der Waals surface area contributed by atoms with E-state index in [0.717, 1.165) is 24.8 Å². The molecule has 0 bridgehead atoms. The molecule has 0 saturated carbocycles. The predicted octanol–water partition coefficient (Wildman–Crippen LogP) is 6.15. The third-order valence-corrected chi connectivity index (χ3v) is 8.38. The van der Waals surface area contributed by atoms with E-state index in [4.69, 9.17) is 23.2 Å². The molecule has 1 aromatic carbocycles. The van der Waals surface area contributed by atoms with Crippen molar-refractivity contribution in [2.75, 3.05) is 0 Å². The second kappa shape index (κ2) is 7.12. The summed E-state index contributed by atoms with van der Waals surface area (Å²) in [5.41, 5.74) is 1.07. The highest BCUT2D eigenvalue weighted by atomic mass is 35.5. The van der Waals surface area contributed by atoms with Gasteiger partial charge in [-0.05, 0) is 55.1 Å². The number of hydrogen-bond donors (Lipinski definition) is 1. The van der Waals surface area contributed by atoms with Gasteiger partial charge in [0.25, 0.3) is 0 Å². The van der Waals surface area contributed by atoms with Gasteiger partial charge in [0.1, 0.15) is 0 Å². The van der Waals surface area contributed by atoms with Crippen molar-refractivity contribution in [1.82, 2.24) is 0 Å². The number of benzene rings is 1. The van der Waals surface area contributed by atoms with Crippen molar-refractivity contribution in [2.24, 2.45) is 0 Å². The minimum absolute atomic E-state index is 0.0599. The average molecular weight is 331 g/mol. The van der Waals surface area contributed by atoms with Gasteiger partial charge in [-0.3, -0.25) is 0 Å². The van der Waals surface area contributed by atoms with Crippen LogP contribution in [0.3, 0.4) is 0 Å². The first-order chi connectivity index (χ1) is 9.13. The zero-order valence-corrected chi connectivity index (χ0v) is 15.2. The largest absolute Gasteiger partial charge is 0.432 e. The van der Waals surface area contributed by atoms with Crippen LogP contribution in [0.4, 0.5) is 0 Å². The molecular formula is C16H24Cl2OSi. The second-order valence-corrected chi connectivity index (χ2v) is 11.7. The Bertz CT molecular complexity index is 476. The molecule has 112 valence electrons. The van der Waals surface area contributed by atoms with Gasteiger partial charge in [-0.15, -0.1) is 0 Å². The van der Waals surface area contributed by atoms with Crippen molar-refractivity contribution in [2.45, 2.75) is 51.2 Å². The summed E-state index contributed by atoms with van der Waals surface area (Å²) in [7, 11) is -2.08. The molecule has 0 amide bonds. The Kier molecular flexibility index (Phi) is 6.33. The van der Waals surface area contributed by atoms with Crippen LogP contribution in [-0.2, 0) is 0 Å². The molecule has 0 aliphatic heterocycles. The fourth-order valence-corrected chi connectivity index (χ4v) is 2.90. The van der Waals surface area contributed by atoms with Crippen molar-refractivity contribution in [3.63, 3.8) is 0 Å². The first kappa shape index (κ1) is 17.8. The summed E-state index contributed by atoms with van der Waals surface area (Å²) in [5, 5.41) is 1.23. The number of halogens is 2. The molecule has 0 unspecified atom stereocenters. The predicted molar refractivity (Wildman–Crippen MR) is 93.1 cm³/mol. The smallest absolute Gasteiger partial charge is 0.188 e. The molecule has 1 nitrogen and oxygen atoms in total. The summed E-state index contributed by atoms with van der Waals surface area (Å²) < 4.78 is 0. The molecule has 0 fully saturated rings. The summed E-state index contributed by atoms with van der Waals surface area (Å²) in [6, 6.07) is 5.64. The first-order valence-electron chi connectivity index (χ1n) is 6.97.